The van der Waals surface area contributed by atoms with E-state index in [9.17, 15) is 9.59 Å². The lowest BCUT2D eigenvalue weighted by Gasteiger charge is -2.04. The van der Waals surface area contributed by atoms with E-state index in [1.165, 1.54) is 6.92 Å². The van der Waals surface area contributed by atoms with Crippen molar-refractivity contribution in [1.29, 1.82) is 0 Å². The molecule has 0 saturated carbocycles. The van der Waals surface area contributed by atoms with Crippen LogP contribution in [0.3, 0.4) is 0 Å². The molecule has 2 N–H and O–H groups in total. The lowest BCUT2D eigenvalue weighted by atomic mass is 10.1. The first-order valence-electron chi connectivity index (χ1n) is 5.09. The Labute approximate surface area is 107 Å². The van der Waals surface area contributed by atoms with E-state index in [4.69, 9.17) is 6.57 Å². The Morgan fingerprint density at radius 2 is 2.06 bits per heavy atom. The van der Waals surface area contributed by atoms with Crippen molar-refractivity contribution in [3.05, 3.63) is 51.6 Å². The van der Waals surface area contributed by atoms with Crippen molar-refractivity contribution in [1.82, 2.24) is 4.37 Å². The lowest BCUT2D eigenvalue weighted by Crippen LogP contribution is -1.96. The van der Waals surface area contributed by atoms with Gasteiger partial charge in [0.05, 0.1) is 6.57 Å². The maximum atomic E-state index is 11.3. The number of aromatic nitrogens is 1. The molecule has 0 radical (unpaired) electrons. The largest absolute Gasteiger partial charge is 0.355 e. The molecule has 1 aromatic heterocycles. The first-order valence-corrected chi connectivity index (χ1v) is 5.90. The van der Waals surface area contributed by atoms with Gasteiger partial charge in [-0.15, -0.1) is 0 Å². The minimum atomic E-state index is -0.391. The van der Waals surface area contributed by atoms with Crippen LogP contribution in [-0.2, 0) is 0 Å². The van der Waals surface area contributed by atoms with Gasteiger partial charge in [-0.1, -0.05) is 11.5 Å². The quantitative estimate of drug-likeness (QED) is 0.658. The van der Waals surface area contributed by atoms with Gasteiger partial charge in [0.2, 0.25) is 0 Å². The Bertz CT molecular complexity index is 677. The fourth-order valence-electron chi connectivity index (χ4n) is 1.40. The second-order valence-electron chi connectivity index (χ2n) is 3.58. The van der Waals surface area contributed by atoms with Gasteiger partial charge in [0.1, 0.15) is 5.00 Å². The van der Waals surface area contributed by atoms with E-state index in [0.717, 1.165) is 17.2 Å². The molecule has 5 nitrogen and oxygen atoms in total. The number of nitrogens with zero attached hydrogens (tertiary/aromatic N) is 1. The summed E-state index contributed by atoms with van der Waals surface area (Å²) in [4.78, 5) is 25.5. The zero-order chi connectivity index (χ0) is 13.1. The van der Waals surface area contributed by atoms with Gasteiger partial charge in [0.25, 0.3) is 11.2 Å². The number of hydrogen-bond acceptors (Lipinski definition) is 4. The van der Waals surface area contributed by atoms with Crippen molar-refractivity contribution >= 4 is 33.7 Å². The summed E-state index contributed by atoms with van der Waals surface area (Å²) in [5.74, 6) is -0.00491. The van der Waals surface area contributed by atoms with Crippen LogP contribution in [0.1, 0.15) is 17.3 Å². The number of nitrogens with one attached hydrogen (secondary N) is 2. The molecule has 0 saturated heterocycles. The third-order valence-electron chi connectivity index (χ3n) is 2.34. The summed E-state index contributed by atoms with van der Waals surface area (Å²) >= 11 is 1.08. The molecule has 0 aliphatic carbocycles. The van der Waals surface area contributed by atoms with Crippen molar-refractivity contribution in [3.63, 3.8) is 0 Å². The van der Waals surface area contributed by atoms with Gasteiger partial charge in [-0.2, -0.15) is 0 Å². The lowest BCUT2D eigenvalue weighted by molar-refractivity contribution is 0.101. The monoisotopic (exact) mass is 259 g/mol. The standard InChI is InChI=1S/C12H9N3O2S/c1-7(16)8-3-5-9(6-4-8)14-12-10(13-2)11(17)15-18-12/h3-6,14H,1H3,(H,15,17). The predicted molar refractivity (Wildman–Crippen MR) is 70.9 cm³/mol. The van der Waals surface area contributed by atoms with Crippen LogP contribution in [0.25, 0.3) is 4.85 Å². The Hall–Kier alpha value is -2.39. The molecule has 1 heterocycles. The Morgan fingerprint density at radius 3 is 2.61 bits per heavy atom. The third kappa shape index (κ3) is 2.31. The fraction of sp³-hybridized carbons (Fsp3) is 0.0833. The van der Waals surface area contributed by atoms with Gasteiger partial charge in [-0.3, -0.25) is 14.0 Å². The van der Waals surface area contributed by atoms with Gasteiger partial charge in [-0.25, -0.2) is 4.85 Å². The number of carbonyl (C=O) groups is 1. The number of carbonyl (C=O) groups excluding carboxylic acids is 1. The molecule has 0 aliphatic heterocycles. The van der Waals surface area contributed by atoms with E-state index < -0.39 is 5.56 Å². The molecule has 0 unspecified atom stereocenters. The van der Waals surface area contributed by atoms with Crippen molar-refractivity contribution in [3.8, 4) is 0 Å². The van der Waals surface area contributed by atoms with Crippen LogP contribution in [0.4, 0.5) is 16.4 Å². The Balaban J connectivity index is 2.27. The van der Waals surface area contributed by atoms with E-state index >= 15 is 0 Å². The summed E-state index contributed by atoms with van der Waals surface area (Å²) in [5, 5.41) is 3.45. The highest BCUT2D eigenvalue weighted by Gasteiger charge is 2.10. The van der Waals surface area contributed by atoms with Gasteiger partial charge < -0.3 is 5.32 Å². The first kappa shape index (κ1) is 12.1. The van der Waals surface area contributed by atoms with Crippen LogP contribution in [0, 0.1) is 6.57 Å². The number of ketones is 1. The normalized spacial score (nSPS) is 9.78. The minimum Gasteiger partial charge on any atom is -0.355 e. The number of aromatic amines is 1. The predicted octanol–water partition coefficient (Wildman–Crippen LogP) is 2.93. The number of Topliss-reactive ketones (excluding diaryl/α,β-unsaturated/α-hetero) is 1. The Kier molecular flexibility index (Phi) is 3.26. The van der Waals surface area contributed by atoms with E-state index in [-0.39, 0.29) is 11.5 Å². The minimum absolute atomic E-state index is 0.00491. The average molecular weight is 259 g/mol. The second-order valence-corrected chi connectivity index (χ2v) is 4.40. The van der Waals surface area contributed by atoms with E-state index in [1.807, 2.05) is 0 Å². The topological polar surface area (TPSA) is 66.3 Å². The third-order valence-corrected chi connectivity index (χ3v) is 3.12. The number of benzene rings is 1. The molecule has 0 aliphatic rings. The van der Waals surface area contributed by atoms with Crippen molar-refractivity contribution in [2.75, 3.05) is 5.32 Å². The number of rotatable bonds is 3. The number of anilines is 2. The van der Waals surface area contributed by atoms with Gasteiger partial charge in [0, 0.05) is 11.3 Å². The van der Waals surface area contributed by atoms with E-state index in [2.05, 4.69) is 14.5 Å². The average Bonchev–Trinajstić information content (AvgIpc) is 2.70. The van der Waals surface area contributed by atoms with Crippen LogP contribution in [0.15, 0.2) is 29.1 Å². The van der Waals surface area contributed by atoms with Crippen LogP contribution >= 0.6 is 11.5 Å². The molecule has 0 fully saturated rings. The molecule has 0 bridgehead atoms. The molecular weight excluding hydrogens is 250 g/mol. The molecule has 2 aromatic rings. The van der Waals surface area contributed by atoms with Crippen molar-refractivity contribution < 1.29 is 4.79 Å². The molecule has 0 atom stereocenters. The summed E-state index contributed by atoms with van der Waals surface area (Å²) in [7, 11) is 0. The fourth-order valence-corrected chi connectivity index (χ4v) is 2.10. The summed E-state index contributed by atoms with van der Waals surface area (Å²) in [5.41, 5.74) is 1.00. The Morgan fingerprint density at radius 1 is 1.39 bits per heavy atom. The molecule has 1 aromatic carbocycles. The molecular formula is C12H9N3O2S. The SMILES string of the molecule is [C-]#[N+]c1c(Nc2ccc(C(C)=O)cc2)s[nH]c1=O. The van der Waals surface area contributed by atoms with Crippen molar-refractivity contribution in [2.24, 2.45) is 0 Å². The smallest absolute Gasteiger partial charge is 0.285 e. The zero-order valence-corrected chi connectivity index (χ0v) is 10.3. The summed E-state index contributed by atoms with van der Waals surface area (Å²) < 4.78 is 2.49. The first-order chi connectivity index (χ1) is 8.61. The van der Waals surface area contributed by atoms with Crippen LogP contribution in [-0.4, -0.2) is 10.2 Å². The van der Waals surface area contributed by atoms with Gasteiger partial charge >= 0.3 is 0 Å². The molecule has 18 heavy (non-hydrogen) atoms. The molecule has 0 spiro atoms. The van der Waals surface area contributed by atoms with E-state index in [1.54, 1.807) is 24.3 Å². The van der Waals surface area contributed by atoms with Crippen LogP contribution in [0.5, 0.6) is 0 Å². The summed E-state index contributed by atoms with van der Waals surface area (Å²) in [6, 6.07) is 6.85. The summed E-state index contributed by atoms with van der Waals surface area (Å²) in [6.07, 6.45) is 0. The number of H-pyrrole nitrogens is 1. The maximum Gasteiger partial charge on any atom is 0.285 e. The molecule has 2 rings (SSSR count). The van der Waals surface area contributed by atoms with Crippen LogP contribution in [0.2, 0.25) is 0 Å². The highest BCUT2D eigenvalue weighted by molar-refractivity contribution is 7.11. The zero-order valence-electron chi connectivity index (χ0n) is 9.48. The molecule has 90 valence electrons. The second kappa shape index (κ2) is 4.85. The van der Waals surface area contributed by atoms with Gasteiger partial charge in [-0.05, 0) is 31.2 Å². The highest BCUT2D eigenvalue weighted by Crippen LogP contribution is 2.28. The van der Waals surface area contributed by atoms with Gasteiger partial charge in [0.15, 0.2) is 5.78 Å². The maximum absolute atomic E-state index is 11.3. The molecule has 6 heteroatoms. The number of hydrogen-bond donors (Lipinski definition) is 2. The summed E-state index contributed by atoms with van der Waals surface area (Å²) in [6.45, 7) is 8.42. The van der Waals surface area contributed by atoms with E-state index in [0.29, 0.717) is 10.6 Å². The van der Waals surface area contributed by atoms with Crippen LogP contribution < -0.4 is 10.9 Å². The molecule has 0 amide bonds. The highest BCUT2D eigenvalue weighted by atomic mass is 32.1. The van der Waals surface area contributed by atoms with Crippen molar-refractivity contribution in [2.45, 2.75) is 6.92 Å².